The Hall–Kier alpha value is -0.829. The van der Waals surface area contributed by atoms with E-state index in [0.29, 0.717) is 25.2 Å². The van der Waals surface area contributed by atoms with Crippen molar-refractivity contribution in [3.8, 4) is 0 Å². The van der Waals surface area contributed by atoms with Crippen molar-refractivity contribution in [2.24, 2.45) is 0 Å². The Morgan fingerprint density at radius 2 is 1.51 bits per heavy atom. The second-order valence-electron chi connectivity index (χ2n) is 15.4. The van der Waals surface area contributed by atoms with Crippen molar-refractivity contribution in [2.75, 3.05) is 13.2 Å². The fourth-order valence-electron chi connectivity index (χ4n) is 3.82. The van der Waals surface area contributed by atoms with Gasteiger partial charge >= 0.3 is 5.69 Å². The first-order valence-electron chi connectivity index (χ1n) is 14.3. The molecule has 8 nitrogen and oxygen atoms in total. The predicted octanol–water partition coefficient (Wildman–Crippen LogP) is 6.33. The van der Waals surface area contributed by atoms with E-state index in [0.717, 1.165) is 6.04 Å². The Labute approximate surface area is 239 Å². The summed E-state index contributed by atoms with van der Waals surface area (Å²) in [5, 5.41) is 0.101. The fourth-order valence-corrected chi connectivity index (χ4v) is 6.95. The number of aromatic nitrogens is 2. The van der Waals surface area contributed by atoms with Crippen LogP contribution < -0.4 is 11.2 Å². The van der Waals surface area contributed by atoms with E-state index in [4.69, 9.17) is 18.3 Å². The lowest BCUT2D eigenvalue weighted by Gasteiger charge is -2.40. The first kappa shape index (κ1) is 34.4. The molecule has 0 aromatic carbocycles. The quantitative estimate of drug-likeness (QED) is 0.218. The lowest BCUT2D eigenvalue weighted by Crippen LogP contribution is -2.48. The van der Waals surface area contributed by atoms with E-state index in [1.54, 1.807) is 17.7 Å². The highest BCUT2D eigenvalue weighted by Crippen LogP contribution is 2.42. The smallest absolute Gasteiger partial charge is 0.335 e. The molecule has 1 aliphatic heterocycles. The number of hydrogen-bond acceptors (Lipinski definition) is 6. The maximum atomic E-state index is 13.5. The van der Waals surface area contributed by atoms with Crippen LogP contribution in [0.2, 0.25) is 61.9 Å². The summed E-state index contributed by atoms with van der Waals surface area (Å²) in [6.45, 7) is 31.7. The van der Waals surface area contributed by atoms with Crippen molar-refractivity contribution in [3.63, 3.8) is 0 Å². The van der Waals surface area contributed by atoms with Crippen molar-refractivity contribution in [1.29, 1.82) is 0 Å². The van der Waals surface area contributed by atoms with Gasteiger partial charge in [0.25, 0.3) is 5.56 Å². The highest BCUT2D eigenvalue weighted by Gasteiger charge is 2.47. The van der Waals surface area contributed by atoms with Gasteiger partial charge in [0.15, 0.2) is 16.6 Å². The van der Waals surface area contributed by atoms with E-state index < -0.39 is 36.6 Å². The van der Waals surface area contributed by atoms with Gasteiger partial charge in [-0.05, 0) is 49.2 Å². The predicted molar refractivity (Wildman–Crippen MR) is 168 cm³/mol. The molecule has 0 aliphatic carbocycles. The summed E-state index contributed by atoms with van der Waals surface area (Å²) < 4.78 is 28.5. The highest BCUT2D eigenvalue weighted by molar-refractivity contribution is 6.76. The zero-order valence-electron chi connectivity index (χ0n) is 27.2. The third kappa shape index (κ3) is 8.83. The van der Waals surface area contributed by atoms with Gasteiger partial charge in [0, 0.05) is 32.9 Å². The largest absolute Gasteiger partial charge is 0.414 e. The Bertz CT molecular complexity index is 1090. The van der Waals surface area contributed by atoms with Crippen molar-refractivity contribution < 1.29 is 18.3 Å². The van der Waals surface area contributed by atoms with Crippen molar-refractivity contribution >= 4 is 24.7 Å². The first-order chi connectivity index (χ1) is 17.5. The molecule has 1 saturated heterocycles. The summed E-state index contributed by atoms with van der Waals surface area (Å²) in [5.74, 6) is 0. The molecule has 226 valence electrons. The molecular formula is C28H56N2O6Si3. The number of hydrogen-bond donors (Lipinski definition) is 0. The molecule has 0 saturated carbocycles. The van der Waals surface area contributed by atoms with Crippen LogP contribution in [0.4, 0.5) is 0 Å². The average Bonchev–Trinajstić information content (AvgIpc) is 3.13. The average molecular weight is 601 g/mol. The second kappa shape index (κ2) is 12.2. The normalized spacial score (nSPS) is 21.5. The standard InChI is InChI=1S/C28H56N2O6Si3/c1-21-18-29(26(32)30(25(21)31)20-33-15-16-37(8,9)10)24-17-22(36-39(13,14)28(5,6)7)23(35-24)19-34-38(11,12)27(2,3)4/h18,22-24H,15-17,19-20H2,1-14H3/t22-,23+,24+/m0/s1. The Kier molecular flexibility index (Phi) is 10.7. The minimum atomic E-state index is -2.12. The molecule has 11 heteroatoms. The lowest BCUT2D eigenvalue weighted by molar-refractivity contribution is -0.0425. The Balaban J connectivity index is 2.37. The molecule has 0 amide bonds. The molecule has 1 fully saturated rings. The van der Waals surface area contributed by atoms with Gasteiger partial charge in [0.05, 0.1) is 12.7 Å². The molecule has 39 heavy (non-hydrogen) atoms. The summed E-state index contributed by atoms with van der Waals surface area (Å²) in [6, 6.07) is 0.968. The number of nitrogens with zero attached hydrogens (tertiary/aromatic N) is 2. The van der Waals surface area contributed by atoms with Crippen LogP contribution in [-0.4, -0.2) is 59.3 Å². The zero-order chi connectivity index (χ0) is 30.2. The van der Waals surface area contributed by atoms with E-state index >= 15 is 0 Å². The zero-order valence-corrected chi connectivity index (χ0v) is 30.2. The van der Waals surface area contributed by atoms with Crippen molar-refractivity contribution in [1.82, 2.24) is 9.13 Å². The maximum absolute atomic E-state index is 13.5. The number of aryl methyl sites for hydroxylation is 1. The second-order valence-corrected chi connectivity index (χ2v) is 30.6. The summed E-state index contributed by atoms with van der Waals surface area (Å²) in [6.07, 6.45) is 1.08. The van der Waals surface area contributed by atoms with E-state index in [-0.39, 0.29) is 34.6 Å². The van der Waals surface area contributed by atoms with Gasteiger partial charge < -0.3 is 18.3 Å². The minimum Gasteiger partial charge on any atom is -0.414 e. The molecule has 1 aromatic rings. The lowest BCUT2D eigenvalue weighted by atomic mass is 10.2. The molecule has 2 heterocycles. The topological polar surface area (TPSA) is 80.9 Å². The molecule has 1 aliphatic rings. The summed E-state index contributed by atoms with van der Waals surface area (Å²) in [4.78, 5) is 26.4. The minimum absolute atomic E-state index is 0.0316. The first-order valence-corrected chi connectivity index (χ1v) is 23.9. The van der Waals surface area contributed by atoms with Crippen LogP contribution in [-0.2, 0) is 25.1 Å². The van der Waals surface area contributed by atoms with Crippen LogP contribution in [0.1, 0.15) is 59.8 Å². The third-order valence-corrected chi connectivity index (χ3v) is 19.5. The molecule has 0 N–H and O–H groups in total. The SMILES string of the molecule is Cc1cn([C@H]2C[C@H](O[Si](C)(C)C(C)(C)C)[C@@H](CO[Si](C)(C)C(C)(C)C)O2)c(=O)n(COCC[Si](C)(C)C)c1=O. The van der Waals surface area contributed by atoms with Gasteiger partial charge in [-0.3, -0.25) is 9.36 Å². The van der Waals surface area contributed by atoms with Crippen LogP contribution in [0.25, 0.3) is 0 Å². The monoisotopic (exact) mass is 600 g/mol. The van der Waals surface area contributed by atoms with Crippen molar-refractivity contribution in [3.05, 3.63) is 32.6 Å². The maximum Gasteiger partial charge on any atom is 0.335 e. The van der Waals surface area contributed by atoms with Gasteiger partial charge in [-0.15, -0.1) is 0 Å². The third-order valence-electron chi connectivity index (χ3n) is 8.74. The summed E-state index contributed by atoms with van der Waals surface area (Å²) >= 11 is 0. The van der Waals surface area contributed by atoms with Crippen LogP contribution in [0.5, 0.6) is 0 Å². The molecule has 1 aromatic heterocycles. The van der Waals surface area contributed by atoms with E-state index in [1.165, 1.54) is 4.57 Å². The van der Waals surface area contributed by atoms with E-state index in [2.05, 4.69) is 87.4 Å². The molecular weight excluding hydrogens is 545 g/mol. The van der Waals surface area contributed by atoms with Crippen LogP contribution in [0, 0.1) is 6.92 Å². The highest BCUT2D eigenvalue weighted by atomic mass is 28.4. The Morgan fingerprint density at radius 3 is 2.03 bits per heavy atom. The van der Waals surface area contributed by atoms with Crippen molar-refractivity contribution in [2.45, 2.75) is 142 Å². The van der Waals surface area contributed by atoms with Gasteiger partial charge in [-0.25, -0.2) is 9.36 Å². The van der Waals surface area contributed by atoms with Gasteiger partial charge in [-0.2, -0.15) is 0 Å². The number of ether oxygens (including phenoxy) is 2. The molecule has 2 rings (SSSR count). The molecule has 0 radical (unpaired) electrons. The van der Waals surface area contributed by atoms with E-state index in [1.807, 2.05) is 0 Å². The molecule has 0 unspecified atom stereocenters. The van der Waals surface area contributed by atoms with Crippen LogP contribution >= 0.6 is 0 Å². The molecule has 3 atom stereocenters. The Morgan fingerprint density at radius 1 is 0.949 bits per heavy atom. The van der Waals surface area contributed by atoms with Crippen LogP contribution in [0.3, 0.4) is 0 Å². The summed E-state index contributed by atoms with van der Waals surface area (Å²) in [5.41, 5.74) is -0.260. The van der Waals surface area contributed by atoms with Gasteiger partial charge in [-0.1, -0.05) is 61.2 Å². The molecule has 0 bridgehead atoms. The molecule has 0 spiro atoms. The fraction of sp³-hybridized carbons (Fsp3) is 0.857. The van der Waals surface area contributed by atoms with Gasteiger partial charge in [0.2, 0.25) is 0 Å². The number of rotatable bonds is 11. The summed E-state index contributed by atoms with van der Waals surface area (Å²) in [7, 11) is -5.42. The van der Waals surface area contributed by atoms with E-state index in [9.17, 15) is 9.59 Å². The van der Waals surface area contributed by atoms with Gasteiger partial charge in [0.1, 0.15) is 19.1 Å². The van der Waals surface area contributed by atoms with Crippen LogP contribution in [0.15, 0.2) is 15.8 Å².